The Balaban J connectivity index is 1.66. The maximum atomic E-state index is 12.3. The van der Waals surface area contributed by atoms with Crippen LogP contribution < -0.4 is 10.1 Å². The molecule has 1 amide bonds. The highest BCUT2D eigenvalue weighted by molar-refractivity contribution is 5.94. The Labute approximate surface area is 159 Å². The first kappa shape index (κ1) is 18.7. The molecule has 0 aliphatic rings. The number of hydrogen-bond donors (Lipinski definition) is 2. The number of carbonyl (C=O) groups is 1. The maximum Gasteiger partial charge on any atom is 0.251 e. The summed E-state index contributed by atoms with van der Waals surface area (Å²) < 4.78 is 5.09. The lowest BCUT2D eigenvalue weighted by molar-refractivity contribution is 0.0526. The molecule has 0 bridgehead atoms. The number of amides is 1. The lowest BCUT2D eigenvalue weighted by Crippen LogP contribution is -2.38. The summed E-state index contributed by atoms with van der Waals surface area (Å²) in [6, 6.07) is 24.6. The SMILES string of the molecule is COc1ccc(C(=O)NC[C@@](C)(O)c2ccc(-c3ccccc3)cc2)cc1. The minimum absolute atomic E-state index is 0.114. The highest BCUT2D eigenvalue weighted by Crippen LogP contribution is 2.25. The van der Waals surface area contributed by atoms with Gasteiger partial charge >= 0.3 is 0 Å². The molecule has 0 unspecified atom stereocenters. The van der Waals surface area contributed by atoms with Gasteiger partial charge in [0.25, 0.3) is 5.91 Å². The van der Waals surface area contributed by atoms with Crippen LogP contribution >= 0.6 is 0 Å². The van der Waals surface area contributed by atoms with E-state index in [4.69, 9.17) is 4.74 Å². The Morgan fingerprint density at radius 1 is 0.926 bits per heavy atom. The second-order valence-electron chi connectivity index (χ2n) is 6.63. The summed E-state index contributed by atoms with van der Waals surface area (Å²) in [6.07, 6.45) is 0. The second-order valence-corrected chi connectivity index (χ2v) is 6.63. The normalized spacial score (nSPS) is 12.9. The largest absolute Gasteiger partial charge is 0.497 e. The molecule has 0 aromatic heterocycles. The van der Waals surface area contributed by atoms with Gasteiger partial charge in [0.1, 0.15) is 11.4 Å². The van der Waals surface area contributed by atoms with Crippen LogP contribution in [0.1, 0.15) is 22.8 Å². The summed E-state index contributed by atoms with van der Waals surface area (Å²) in [4.78, 5) is 12.3. The van der Waals surface area contributed by atoms with Crippen molar-refractivity contribution in [1.29, 1.82) is 0 Å². The first-order valence-corrected chi connectivity index (χ1v) is 8.80. The number of methoxy groups -OCH3 is 1. The fourth-order valence-corrected chi connectivity index (χ4v) is 2.85. The zero-order valence-electron chi connectivity index (χ0n) is 15.5. The van der Waals surface area contributed by atoms with Gasteiger partial charge < -0.3 is 15.2 Å². The van der Waals surface area contributed by atoms with Crippen LogP contribution in [0.25, 0.3) is 11.1 Å². The van der Waals surface area contributed by atoms with E-state index < -0.39 is 5.60 Å². The molecule has 3 rings (SSSR count). The quantitative estimate of drug-likeness (QED) is 0.698. The van der Waals surface area contributed by atoms with Gasteiger partial charge in [0.2, 0.25) is 0 Å². The van der Waals surface area contributed by atoms with Crippen LogP contribution in [0.3, 0.4) is 0 Å². The van der Waals surface area contributed by atoms with E-state index in [1.54, 1.807) is 38.3 Å². The van der Waals surface area contributed by atoms with Crippen LogP contribution in [-0.2, 0) is 5.60 Å². The zero-order chi connectivity index (χ0) is 19.3. The molecular formula is C23H23NO3. The Kier molecular flexibility index (Phi) is 5.57. The summed E-state index contributed by atoms with van der Waals surface area (Å²) in [6.45, 7) is 1.81. The van der Waals surface area contributed by atoms with Gasteiger partial charge in [-0.05, 0) is 47.9 Å². The number of aliphatic hydroxyl groups is 1. The summed E-state index contributed by atoms with van der Waals surface area (Å²) in [5.41, 5.74) is 2.30. The van der Waals surface area contributed by atoms with Crippen LogP contribution in [-0.4, -0.2) is 24.7 Å². The first-order valence-electron chi connectivity index (χ1n) is 8.80. The number of benzene rings is 3. The van der Waals surface area contributed by atoms with Crippen LogP contribution in [0, 0.1) is 0 Å². The van der Waals surface area contributed by atoms with Gasteiger partial charge in [-0.2, -0.15) is 0 Å². The third-order valence-corrected chi connectivity index (χ3v) is 4.56. The average Bonchev–Trinajstić information content (AvgIpc) is 2.73. The van der Waals surface area contributed by atoms with E-state index in [0.717, 1.165) is 16.7 Å². The average molecular weight is 361 g/mol. The van der Waals surface area contributed by atoms with Crippen molar-refractivity contribution in [3.8, 4) is 16.9 Å². The maximum absolute atomic E-state index is 12.3. The highest BCUT2D eigenvalue weighted by atomic mass is 16.5. The topological polar surface area (TPSA) is 58.6 Å². The molecule has 0 fully saturated rings. The molecule has 0 heterocycles. The summed E-state index contributed by atoms with van der Waals surface area (Å²) in [5, 5.41) is 13.6. The number of nitrogens with one attached hydrogen (secondary N) is 1. The van der Waals surface area contributed by atoms with E-state index in [9.17, 15) is 9.90 Å². The first-order chi connectivity index (χ1) is 13.0. The second kappa shape index (κ2) is 8.06. The fourth-order valence-electron chi connectivity index (χ4n) is 2.85. The van der Waals surface area contributed by atoms with E-state index in [1.807, 2.05) is 54.6 Å². The molecule has 0 saturated carbocycles. The van der Waals surface area contributed by atoms with Gasteiger partial charge in [-0.15, -0.1) is 0 Å². The van der Waals surface area contributed by atoms with Crippen molar-refractivity contribution < 1.29 is 14.6 Å². The number of hydrogen-bond acceptors (Lipinski definition) is 3. The van der Waals surface area contributed by atoms with Gasteiger partial charge in [-0.25, -0.2) is 0 Å². The van der Waals surface area contributed by atoms with Crippen LogP contribution in [0.15, 0.2) is 78.9 Å². The molecule has 3 aromatic rings. The van der Waals surface area contributed by atoms with Crippen molar-refractivity contribution in [3.05, 3.63) is 90.0 Å². The summed E-state index contributed by atoms with van der Waals surface area (Å²) >= 11 is 0. The smallest absolute Gasteiger partial charge is 0.251 e. The van der Waals surface area contributed by atoms with Gasteiger partial charge in [0, 0.05) is 5.56 Å². The van der Waals surface area contributed by atoms with Crippen LogP contribution in [0.4, 0.5) is 0 Å². The third kappa shape index (κ3) is 4.54. The minimum Gasteiger partial charge on any atom is -0.497 e. The molecule has 4 nitrogen and oxygen atoms in total. The lowest BCUT2D eigenvalue weighted by Gasteiger charge is -2.24. The van der Waals surface area contributed by atoms with E-state index >= 15 is 0 Å². The van der Waals surface area contributed by atoms with Crippen molar-refractivity contribution in [2.75, 3.05) is 13.7 Å². The van der Waals surface area contributed by atoms with Crippen molar-refractivity contribution >= 4 is 5.91 Å². The molecule has 3 aromatic carbocycles. The Bertz CT molecular complexity index is 885. The molecule has 27 heavy (non-hydrogen) atoms. The number of rotatable bonds is 6. The van der Waals surface area contributed by atoms with Gasteiger partial charge in [-0.3, -0.25) is 4.79 Å². The molecule has 0 aliphatic carbocycles. The van der Waals surface area contributed by atoms with Crippen molar-refractivity contribution in [2.45, 2.75) is 12.5 Å². The Morgan fingerprint density at radius 3 is 2.11 bits per heavy atom. The standard InChI is InChI=1S/C23H23NO3/c1-23(26,16-24-22(25)19-10-14-21(27-2)15-11-19)20-12-8-18(9-13-20)17-6-4-3-5-7-17/h3-15,26H,16H2,1-2H3,(H,24,25)/t23-/m1/s1. The number of carbonyl (C=O) groups excluding carboxylic acids is 1. The fraction of sp³-hybridized carbons (Fsp3) is 0.174. The summed E-state index contributed by atoms with van der Waals surface area (Å²) in [7, 11) is 1.58. The van der Waals surface area contributed by atoms with Crippen molar-refractivity contribution in [1.82, 2.24) is 5.32 Å². The molecule has 0 saturated heterocycles. The predicted octanol–water partition coefficient (Wildman–Crippen LogP) is 4.00. The molecule has 0 spiro atoms. The van der Waals surface area contributed by atoms with E-state index in [-0.39, 0.29) is 12.5 Å². The molecule has 4 heteroatoms. The zero-order valence-corrected chi connectivity index (χ0v) is 15.5. The predicted molar refractivity (Wildman–Crippen MR) is 107 cm³/mol. The molecule has 0 radical (unpaired) electrons. The van der Waals surface area contributed by atoms with Gasteiger partial charge in [-0.1, -0.05) is 54.6 Å². The van der Waals surface area contributed by atoms with Crippen molar-refractivity contribution in [3.63, 3.8) is 0 Å². The molecule has 1 atom stereocenters. The Hall–Kier alpha value is -3.11. The van der Waals surface area contributed by atoms with Gasteiger partial charge in [0.05, 0.1) is 13.7 Å². The van der Waals surface area contributed by atoms with Gasteiger partial charge in [0.15, 0.2) is 0 Å². The highest BCUT2D eigenvalue weighted by Gasteiger charge is 2.24. The van der Waals surface area contributed by atoms with Crippen molar-refractivity contribution in [2.24, 2.45) is 0 Å². The molecule has 138 valence electrons. The third-order valence-electron chi connectivity index (χ3n) is 4.56. The van der Waals surface area contributed by atoms with E-state index in [2.05, 4.69) is 5.32 Å². The van der Waals surface area contributed by atoms with E-state index in [0.29, 0.717) is 11.3 Å². The van der Waals surface area contributed by atoms with E-state index in [1.165, 1.54) is 0 Å². The van der Waals surface area contributed by atoms with Crippen LogP contribution in [0.2, 0.25) is 0 Å². The monoisotopic (exact) mass is 361 g/mol. The van der Waals surface area contributed by atoms with Crippen LogP contribution in [0.5, 0.6) is 5.75 Å². The molecule has 0 aliphatic heterocycles. The minimum atomic E-state index is -1.17. The lowest BCUT2D eigenvalue weighted by atomic mass is 9.93. The number of ether oxygens (including phenoxy) is 1. The summed E-state index contributed by atoms with van der Waals surface area (Å²) in [5.74, 6) is 0.455. The molecular weight excluding hydrogens is 338 g/mol. The Morgan fingerprint density at radius 2 is 1.52 bits per heavy atom. The molecule has 2 N–H and O–H groups in total.